The van der Waals surface area contributed by atoms with Crippen LogP contribution in [0.2, 0.25) is 0 Å². The molecule has 1 amide bonds. The SMILES string of the molecule is COc1ccc(C(=O)Nc2nc3c(OC)cccc3s2)cc1OC. The van der Waals surface area contributed by atoms with E-state index in [1.807, 2.05) is 18.2 Å². The minimum Gasteiger partial charge on any atom is -0.494 e. The second-order valence-corrected chi connectivity index (χ2v) is 5.88. The number of thiazole rings is 1. The molecule has 0 aliphatic carbocycles. The second-order valence-electron chi connectivity index (χ2n) is 4.85. The number of methoxy groups -OCH3 is 3. The molecule has 124 valence electrons. The van der Waals surface area contributed by atoms with Gasteiger partial charge >= 0.3 is 0 Å². The summed E-state index contributed by atoms with van der Waals surface area (Å²) in [6, 6.07) is 10.6. The molecule has 0 fully saturated rings. The molecule has 0 spiro atoms. The number of anilines is 1. The standard InChI is InChI=1S/C17H16N2O4S/c1-21-11-8-7-10(9-13(11)23-3)16(20)19-17-18-15-12(22-2)5-4-6-14(15)24-17/h4-9H,1-3H3,(H,18,19,20). The number of carbonyl (C=O) groups excluding carboxylic acids is 1. The van der Waals surface area contributed by atoms with E-state index in [9.17, 15) is 4.79 Å². The molecule has 6 nitrogen and oxygen atoms in total. The van der Waals surface area contributed by atoms with Crippen molar-refractivity contribution < 1.29 is 19.0 Å². The first-order valence-electron chi connectivity index (χ1n) is 7.13. The number of benzene rings is 2. The molecule has 7 heteroatoms. The first-order chi connectivity index (χ1) is 11.7. The van der Waals surface area contributed by atoms with Gasteiger partial charge in [0, 0.05) is 5.56 Å². The molecule has 0 saturated carbocycles. The maximum Gasteiger partial charge on any atom is 0.257 e. The topological polar surface area (TPSA) is 69.7 Å². The van der Waals surface area contributed by atoms with Gasteiger partial charge in [0.05, 0.1) is 26.0 Å². The van der Waals surface area contributed by atoms with Gasteiger partial charge < -0.3 is 14.2 Å². The van der Waals surface area contributed by atoms with Crippen LogP contribution < -0.4 is 19.5 Å². The smallest absolute Gasteiger partial charge is 0.257 e. The molecule has 2 aromatic carbocycles. The Hall–Kier alpha value is -2.80. The summed E-state index contributed by atoms with van der Waals surface area (Å²) in [5.41, 5.74) is 1.19. The zero-order valence-electron chi connectivity index (χ0n) is 13.5. The molecule has 1 aromatic heterocycles. The van der Waals surface area contributed by atoms with Crippen molar-refractivity contribution in [3.63, 3.8) is 0 Å². The van der Waals surface area contributed by atoms with Crippen molar-refractivity contribution >= 4 is 32.6 Å². The van der Waals surface area contributed by atoms with E-state index in [4.69, 9.17) is 14.2 Å². The predicted octanol–water partition coefficient (Wildman–Crippen LogP) is 3.57. The Morgan fingerprint density at radius 2 is 1.75 bits per heavy atom. The van der Waals surface area contributed by atoms with Gasteiger partial charge in [0.25, 0.3) is 5.91 Å². The van der Waals surface area contributed by atoms with Gasteiger partial charge in [-0.15, -0.1) is 0 Å². The molecule has 0 aliphatic rings. The van der Waals surface area contributed by atoms with Crippen LogP contribution in [0.25, 0.3) is 10.2 Å². The minimum atomic E-state index is -0.269. The van der Waals surface area contributed by atoms with Crippen LogP contribution in [-0.2, 0) is 0 Å². The number of nitrogens with zero attached hydrogens (tertiary/aromatic N) is 1. The van der Waals surface area contributed by atoms with E-state index in [-0.39, 0.29) is 5.91 Å². The fourth-order valence-corrected chi connectivity index (χ4v) is 3.17. The lowest BCUT2D eigenvalue weighted by Crippen LogP contribution is -2.11. The summed E-state index contributed by atoms with van der Waals surface area (Å²) in [6.07, 6.45) is 0. The van der Waals surface area contributed by atoms with Crippen LogP contribution in [0, 0.1) is 0 Å². The summed E-state index contributed by atoms with van der Waals surface area (Å²) >= 11 is 1.39. The van der Waals surface area contributed by atoms with Gasteiger partial charge in [-0.2, -0.15) is 0 Å². The molecule has 0 saturated heterocycles. The van der Waals surface area contributed by atoms with E-state index in [2.05, 4.69) is 10.3 Å². The van der Waals surface area contributed by atoms with Crippen molar-refractivity contribution in [2.24, 2.45) is 0 Å². The molecule has 3 aromatic rings. The Morgan fingerprint density at radius 3 is 2.46 bits per heavy atom. The molecular formula is C17H16N2O4S. The van der Waals surface area contributed by atoms with E-state index in [0.29, 0.717) is 27.9 Å². The highest BCUT2D eigenvalue weighted by molar-refractivity contribution is 7.22. The number of rotatable bonds is 5. The molecule has 1 N–H and O–H groups in total. The van der Waals surface area contributed by atoms with Crippen molar-refractivity contribution in [3.8, 4) is 17.2 Å². The third kappa shape index (κ3) is 2.98. The molecule has 0 atom stereocenters. The third-order valence-corrected chi connectivity index (χ3v) is 4.40. The number of nitrogens with one attached hydrogen (secondary N) is 1. The number of ether oxygens (including phenoxy) is 3. The first-order valence-corrected chi connectivity index (χ1v) is 7.95. The van der Waals surface area contributed by atoms with Gasteiger partial charge in [-0.25, -0.2) is 4.98 Å². The number of amides is 1. The summed E-state index contributed by atoms with van der Waals surface area (Å²) in [4.78, 5) is 16.9. The van der Waals surface area contributed by atoms with Crippen molar-refractivity contribution in [1.82, 2.24) is 4.98 Å². The highest BCUT2D eigenvalue weighted by Gasteiger charge is 2.14. The molecule has 0 radical (unpaired) electrons. The zero-order chi connectivity index (χ0) is 17.1. The van der Waals surface area contributed by atoms with Crippen LogP contribution >= 0.6 is 11.3 Å². The lowest BCUT2D eigenvalue weighted by atomic mass is 10.2. The van der Waals surface area contributed by atoms with Crippen molar-refractivity contribution in [1.29, 1.82) is 0 Å². The van der Waals surface area contributed by atoms with E-state index in [1.165, 1.54) is 18.4 Å². The van der Waals surface area contributed by atoms with Gasteiger partial charge in [-0.3, -0.25) is 10.1 Å². The van der Waals surface area contributed by atoms with E-state index < -0.39 is 0 Å². The Morgan fingerprint density at radius 1 is 1.00 bits per heavy atom. The van der Waals surface area contributed by atoms with Crippen LogP contribution in [0.4, 0.5) is 5.13 Å². The Kier molecular flexibility index (Phi) is 4.52. The van der Waals surface area contributed by atoms with E-state index in [0.717, 1.165) is 10.2 Å². The Balaban J connectivity index is 1.87. The zero-order valence-corrected chi connectivity index (χ0v) is 14.3. The quantitative estimate of drug-likeness (QED) is 0.766. The summed E-state index contributed by atoms with van der Waals surface area (Å²) < 4.78 is 16.6. The molecule has 0 unspecified atom stereocenters. The fraction of sp³-hybridized carbons (Fsp3) is 0.176. The third-order valence-electron chi connectivity index (χ3n) is 3.47. The number of carbonyl (C=O) groups is 1. The van der Waals surface area contributed by atoms with Gasteiger partial charge in [0.15, 0.2) is 16.6 Å². The van der Waals surface area contributed by atoms with Gasteiger partial charge in [0.1, 0.15) is 11.3 Å². The summed E-state index contributed by atoms with van der Waals surface area (Å²) in [5, 5.41) is 3.31. The predicted molar refractivity (Wildman–Crippen MR) is 93.7 cm³/mol. The molecule has 0 bridgehead atoms. The van der Waals surface area contributed by atoms with Crippen molar-refractivity contribution in [2.75, 3.05) is 26.6 Å². The number of hydrogen-bond acceptors (Lipinski definition) is 6. The largest absolute Gasteiger partial charge is 0.494 e. The fourth-order valence-electron chi connectivity index (χ4n) is 2.29. The normalized spacial score (nSPS) is 10.5. The molecule has 3 rings (SSSR count). The summed E-state index contributed by atoms with van der Waals surface area (Å²) in [7, 11) is 4.67. The summed E-state index contributed by atoms with van der Waals surface area (Å²) in [5.74, 6) is 1.47. The first kappa shape index (κ1) is 16.1. The van der Waals surface area contributed by atoms with Crippen LogP contribution in [0.5, 0.6) is 17.2 Å². The average Bonchev–Trinajstić information content (AvgIpc) is 3.03. The number of hydrogen-bond donors (Lipinski definition) is 1. The maximum absolute atomic E-state index is 12.4. The second kappa shape index (κ2) is 6.76. The van der Waals surface area contributed by atoms with Gasteiger partial charge in [0.2, 0.25) is 0 Å². The lowest BCUT2D eigenvalue weighted by Gasteiger charge is -2.09. The Bertz CT molecular complexity index is 891. The van der Waals surface area contributed by atoms with Gasteiger partial charge in [-0.1, -0.05) is 17.4 Å². The van der Waals surface area contributed by atoms with Crippen molar-refractivity contribution in [3.05, 3.63) is 42.0 Å². The number of fused-ring (bicyclic) bond motifs is 1. The highest BCUT2D eigenvalue weighted by Crippen LogP contribution is 2.33. The number of aromatic nitrogens is 1. The average molecular weight is 344 g/mol. The number of para-hydroxylation sites is 1. The maximum atomic E-state index is 12.4. The van der Waals surface area contributed by atoms with Crippen molar-refractivity contribution in [2.45, 2.75) is 0 Å². The lowest BCUT2D eigenvalue weighted by molar-refractivity contribution is 0.102. The minimum absolute atomic E-state index is 0.269. The molecule has 0 aliphatic heterocycles. The monoisotopic (exact) mass is 344 g/mol. The van der Waals surface area contributed by atoms with Crippen LogP contribution in [0.15, 0.2) is 36.4 Å². The molecular weight excluding hydrogens is 328 g/mol. The molecule has 1 heterocycles. The van der Waals surface area contributed by atoms with Crippen LogP contribution in [0.1, 0.15) is 10.4 Å². The van der Waals surface area contributed by atoms with Crippen LogP contribution in [0.3, 0.4) is 0 Å². The Labute approximate surface area is 143 Å². The molecule has 24 heavy (non-hydrogen) atoms. The summed E-state index contributed by atoms with van der Waals surface area (Å²) in [6.45, 7) is 0. The van der Waals surface area contributed by atoms with E-state index >= 15 is 0 Å². The highest BCUT2D eigenvalue weighted by atomic mass is 32.1. The van der Waals surface area contributed by atoms with E-state index in [1.54, 1.807) is 32.4 Å². The van der Waals surface area contributed by atoms with Crippen LogP contribution in [-0.4, -0.2) is 32.2 Å². The van der Waals surface area contributed by atoms with Gasteiger partial charge in [-0.05, 0) is 30.3 Å².